The monoisotopic (exact) mass is 215 g/mol. The molecule has 84 valence electrons. The van der Waals surface area contributed by atoms with Crippen molar-refractivity contribution in [2.45, 2.75) is 31.7 Å². The van der Waals surface area contributed by atoms with Crippen molar-refractivity contribution in [3.05, 3.63) is 35.4 Å². The van der Waals surface area contributed by atoms with Crippen molar-refractivity contribution >= 4 is 5.91 Å². The number of likely N-dealkylation sites (N-methyl/N-ethyl adjacent to an activating group) is 1. The minimum absolute atomic E-state index is 0.149. The van der Waals surface area contributed by atoms with Gasteiger partial charge in [-0.1, -0.05) is 31.2 Å². The van der Waals surface area contributed by atoms with Crippen molar-refractivity contribution in [1.82, 2.24) is 4.90 Å². The average Bonchev–Trinajstić information content (AvgIpc) is 2.55. The Kier molecular flexibility index (Phi) is 2.06. The molecule has 1 aliphatic carbocycles. The lowest BCUT2D eigenvalue weighted by molar-refractivity contribution is -0.130. The van der Waals surface area contributed by atoms with Crippen LogP contribution in [0.2, 0.25) is 0 Å². The van der Waals surface area contributed by atoms with Crippen molar-refractivity contribution in [2.24, 2.45) is 5.92 Å². The largest absolute Gasteiger partial charge is 0.342 e. The van der Waals surface area contributed by atoms with Crippen LogP contribution < -0.4 is 0 Å². The summed E-state index contributed by atoms with van der Waals surface area (Å²) in [5.41, 5.74) is 2.85. The van der Waals surface area contributed by atoms with E-state index in [1.165, 1.54) is 11.1 Å². The fourth-order valence-corrected chi connectivity index (χ4v) is 3.45. The molecule has 2 heteroatoms. The maximum atomic E-state index is 12.0. The molecular weight excluding hydrogens is 198 g/mol. The van der Waals surface area contributed by atoms with E-state index in [1.54, 1.807) is 0 Å². The van der Waals surface area contributed by atoms with E-state index in [0.717, 1.165) is 12.8 Å². The summed E-state index contributed by atoms with van der Waals surface area (Å²) < 4.78 is 0. The fourth-order valence-electron chi connectivity index (χ4n) is 3.45. The molecule has 0 saturated carbocycles. The molecular formula is C14H17NO. The van der Waals surface area contributed by atoms with Gasteiger partial charge in [0.15, 0.2) is 0 Å². The normalized spacial score (nSPS) is 32.5. The number of nitrogens with zero attached hydrogens (tertiary/aromatic N) is 1. The van der Waals surface area contributed by atoms with Crippen molar-refractivity contribution in [1.29, 1.82) is 0 Å². The van der Waals surface area contributed by atoms with E-state index in [-0.39, 0.29) is 5.92 Å². The maximum absolute atomic E-state index is 12.0. The van der Waals surface area contributed by atoms with E-state index in [4.69, 9.17) is 0 Å². The molecule has 1 aliphatic heterocycles. The van der Waals surface area contributed by atoms with Gasteiger partial charge >= 0.3 is 0 Å². The molecule has 2 nitrogen and oxygen atoms in total. The van der Waals surface area contributed by atoms with Crippen molar-refractivity contribution < 1.29 is 4.79 Å². The Hall–Kier alpha value is -1.31. The molecule has 16 heavy (non-hydrogen) atoms. The van der Waals surface area contributed by atoms with Crippen LogP contribution in [0.4, 0.5) is 0 Å². The third-order valence-electron chi connectivity index (χ3n) is 4.31. The molecule has 3 atom stereocenters. The Morgan fingerprint density at radius 1 is 1.31 bits per heavy atom. The Balaban J connectivity index is 2.09. The second-order valence-corrected chi connectivity index (χ2v) is 5.07. The number of fused-ring (bicyclic) bond motifs is 3. The van der Waals surface area contributed by atoms with Crippen molar-refractivity contribution in [3.8, 4) is 0 Å². The Morgan fingerprint density at radius 2 is 2.06 bits per heavy atom. The van der Waals surface area contributed by atoms with Gasteiger partial charge in [-0.05, 0) is 24.0 Å². The minimum Gasteiger partial charge on any atom is -0.342 e. The third kappa shape index (κ3) is 1.16. The zero-order valence-corrected chi connectivity index (χ0v) is 9.81. The number of carbonyl (C=O) groups excluding carboxylic acids is 1. The highest BCUT2D eigenvalue weighted by molar-refractivity contribution is 5.83. The molecule has 0 bridgehead atoms. The van der Waals surface area contributed by atoms with E-state index in [2.05, 4.69) is 31.2 Å². The van der Waals surface area contributed by atoms with Crippen molar-refractivity contribution in [3.63, 3.8) is 0 Å². The lowest BCUT2D eigenvalue weighted by Crippen LogP contribution is -2.33. The van der Waals surface area contributed by atoms with Crippen LogP contribution >= 0.6 is 0 Å². The zero-order chi connectivity index (χ0) is 11.3. The van der Waals surface area contributed by atoms with Crippen molar-refractivity contribution in [2.75, 3.05) is 7.05 Å². The van der Waals surface area contributed by atoms with E-state index >= 15 is 0 Å². The number of likely N-dealkylation sites (tertiary alicyclic amines) is 1. The summed E-state index contributed by atoms with van der Waals surface area (Å²) in [6, 6.07) is 9.04. The second-order valence-electron chi connectivity index (χ2n) is 5.07. The Morgan fingerprint density at radius 3 is 2.88 bits per heavy atom. The smallest absolute Gasteiger partial charge is 0.226 e. The second kappa shape index (κ2) is 3.34. The molecule has 1 amide bonds. The molecule has 0 aromatic heterocycles. The summed E-state index contributed by atoms with van der Waals surface area (Å²) in [5.74, 6) is 0.880. The number of rotatable bonds is 0. The van der Waals surface area contributed by atoms with E-state index < -0.39 is 0 Å². The lowest BCUT2D eigenvalue weighted by Gasteiger charge is -2.31. The van der Waals surface area contributed by atoms with Gasteiger partial charge in [0.05, 0.1) is 0 Å². The van der Waals surface area contributed by atoms with Gasteiger partial charge in [0.2, 0.25) is 5.91 Å². The number of benzene rings is 1. The highest BCUT2D eigenvalue weighted by Crippen LogP contribution is 2.44. The van der Waals surface area contributed by atoms with Crippen LogP contribution in [0, 0.1) is 5.92 Å². The first-order chi connectivity index (χ1) is 7.70. The lowest BCUT2D eigenvalue weighted by atomic mass is 9.76. The number of hydrogen-bond donors (Lipinski definition) is 0. The quantitative estimate of drug-likeness (QED) is 0.649. The molecule has 2 aliphatic rings. The first-order valence-electron chi connectivity index (χ1n) is 6.04. The predicted octanol–water partition coefficient (Wildman–Crippen LogP) is 2.19. The van der Waals surface area contributed by atoms with Crippen LogP contribution in [-0.4, -0.2) is 23.9 Å². The first-order valence-corrected chi connectivity index (χ1v) is 6.04. The van der Waals surface area contributed by atoms with Crippen LogP contribution in [0.25, 0.3) is 0 Å². The predicted molar refractivity (Wildman–Crippen MR) is 63.2 cm³/mol. The average molecular weight is 215 g/mol. The molecule has 1 aromatic carbocycles. The number of amides is 1. The van der Waals surface area contributed by atoms with Gasteiger partial charge in [-0.3, -0.25) is 4.79 Å². The van der Waals surface area contributed by atoms with E-state index in [0.29, 0.717) is 17.9 Å². The third-order valence-corrected chi connectivity index (χ3v) is 4.31. The van der Waals surface area contributed by atoms with Crippen LogP contribution in [0.3, 0.4) is 0 Å². The van der Waals surface area contributed by atoms with Gasteiger partial charge in [0, 0.05) is 24.9 Å². The zero-order valence-electron chi connectivity index (χ0n) is 9.81. The molecule has 1 unspecified atom stereocenters. The molecule has 3 rings (SSSR count). The first kappa shape index (κ1) is 9.88. The summed E-state index contributed by atoms with van der Waals surface area (Å²) in [7, 11) is 1.96. The molecule has 1 aromatic rings. The van der Waals surface area contributed by atoms with E-state index in [9.17, 15) is 4.79 Å². The number of hydrogen-bond acceptors (Lipinski definition) is 1. The molecule has 0 N–H and O–H groups in total. The van der Waals surface area contributed by atoms with E-state index in [1.807, 2.05) is 11.9 Å². The summed E-state index contributed by atoms with van der Waals surface area (Å²) in [6.07, 6.45) is 2.23. The maximum Gasteiger partial charge on any atom is 0.226 e. The molecule has 1 saturated heterocycles. The topological polar surface area (TPSA) is 20.3 Å². The van der Waals surface area contributed by atoms with Crippen LogP contribution in [0.5, 0.6) is 0 Å². The van der Waals surface area contributed by atoms with Gasteiger partial charge in [0.1, 0.15) is 0 Å². The van der Waals surface area contributed by atoms with Gasteiger partial charge in [-0.2, -0.15) is 0 Å². The van der Waals surface area contributed by atoms with Crippen LogP contribution in [0.15, 0.2) is 24.3 Å². The van der Waals surface area contributed by atoms with Crippen LogP contribution in [-0.2, 0) is 11.2 Å². The molecule has 1 heterocycles. The number of aryl methyl sites for hydroxylation is 1. The Labute approximate surface area is 96.3 Å². The SMILES string of the molecule is CC1C(=O)N(C)[C@@H]2CCc3ccccc3[C@H]12. The minimum atomic E-state index is 0.149. The highest BCUT2D eigenvalue weighted by Gasteiger charge is 2.46. The van der Waals surface area contributed by atoms with Gasteiger partial charge in [-0.25, -0.2) is 0 Å². The Bertz CT molecular complexity index is 440. The molecule has 1 fully saturated rings. The summed E-state index contributed by atoms with van der Waals surface area (Å²) in [6.45, 7) is 2.08. The summed E-state index contributed by atoms with van der Waals surface area (Å²) >= 11 is 0. The number of carbonyl (C=O) groups is 1. The van der Waals surface area contributed by atoms with Crippen LogP contribution in [0.1, 0.15) is 30.4 Å². The highest BCUT2D eigenvalue weighted by atomic mass is 16.2. The molecule has 0 radical (unpaired) electrons. The fraction of sp³-hybridized carbons (Fsp3) is 0.500. The summed E-state index contributed by atoms with van der Waals surface area (Å²) in [5, 5.41) is 0. The van der Waals surface area contributed by atoms with Gasteiger partial charge < -0.3 is 4.90 Å². The summed E-state index contributed by atoms with van der Waals surface area (Å²) in [4.78, 5) is 14.0. The van der Waals surface area contributed by atoms with Gasteiger partial charge in [-0.15, -0.1) is 0 Å². The molecule has 0 spiro atoms. The van der Waals surface area contributed by atoms with Gasteiger partial charge in [0.25, 0.3) is 0 Å². The standard InChI is InChI=1S/C14H17NO/c1-9-13-11-6-4-3-5-10(11)7-8-12(13)15(2)14(9)16/h3-6,9,12-13H,7-8H2,1-2H3/t9?,12-,13+/m1/s1.